The van der Waals surface area contributed by atoms with Gasteiger partial charge in [0.05, 0.1) is 18.4 Å². The summed E-state index contributed by atoms with van der Waals surface area (Å²) in [7, 11) is 1.57. The van der Waals surface area contributed by atoms with Crippen LogP contribution in [0.15, 0.2) is 48.7 Å². The summed E-state index contributed by atoms with van der Waals surface area (Å²) in [6.07, 6.45) is -3.41. The molecule has 2 aromatic carbocycles. The molecule has 32 heavy (non-hydrogen) atoms. The van der Waals surface area contributed by atoms with Crippen LogP contribution in [0.2, 0.25) is 0 Å². The number of carbonyl (C=O) groups excluding carboxylic acids is 1. The van der Waals surface area contributed by atoms with Crippen molar-refractivity contribution >= 4 is 11.8 Å². The third-order valence-electron chi connectivity index (χ3n) is 4.96. The van der Waals surface area contributed by atoms with Crippen LogP contribution < -0.4 is 10.1 Å². The lowest BCUT2D eigenvalue weighted by Crippen LogP contribution is -2.15. The number of carbonyl (C=O) groups is 1. The molecule has 3 rings (SSSR count). The van der Waals surface area contributed by atoms with Gasteiger partial charge in [0.2, 0.25) is 0 Å². The Morgan fingerprint density at radius 1 is 1.03 bits per heavy atom. The number of nitrogens with zero attached hydrogens (tertiary/aromatic N) is 1. The van der Waals surface area contributed by atoms with Crippen LogP contribution in [0.4, 0.5) is 23.7 Å². The number of pyridine rings is 1. The molecule has 1 amide bonds. The van der Waals surface area contributed by atoms with E-state index in [1.54, 1.807) is 25.4 Å². The number of halogens is 3. The number of alkyl halides is 3. The number of hydrogen-bond acceptors (Lipinski definition) is 4. The molecule has 5 nitrogen and oxygen atoms in total. The number of rotatable bonds is 5. The van der Waals surface area contributed by atoms with Crippen LogP contribution in [-0.2, 0) is 17.5 Å². The van der Waals surface area contributed by atoms with Crippen molar-refractivity contribution in [2.24, 2.45) is 0 Å². The maximum Gasteiger partial charge on any atom is 0.416 e. The van der Waals surface area contributed by atoms with Gasteiger partial charge in [-0.3, -0.25) is 10.3 Å². The largest absolute Gasteiger partial charge is 0.496 e. The highest BCUT2D eigenvalue weighted by molar-refractivity contribution is 5.86. The number of aromatic nitrogens is 1. The summed E-state index contributed by atoms with van der Waals surface area (Å²) in [6.45, 7) is 5.51. The van der Waals surface area contributed by atoms with Crippen molar-refractivity contribution < 1.29 is 27.4 Å². The van der Waals surface area contributed by atoms with Gasteiger partial charge in [0.25, 0.3) is 0 Å². The van der Waals surface area contributed by atoms with Crippen LogP contribution >= 0.6 is 0 Å². The normalized spacial score (nSPS) is 11.2. The summed E-state index contributed by atoms with van der Waals surface area (Å²) >= 11 is 0. The lowest BCUT2D eigenvalue weighted by atomic mass is 10.0. The second-order valence-corrected chi connectivity index (χ2v) is 7.41. The number of ether oxygens (including phenoxy) is 2. The first kappa shape index (κ1) is 23.1. The van der Waals surface area contributed by atoms with Gasteiger partial charge in [0.1, 0.15) is 12.4 Å². The van der Waals surface area contributed by atoms with E-state index in [4.69, 9.17) is 9.47 Å². The highest BCUT2D eigenvalue weighted by Crippen LogP contribution is 2.32. The van der Waals surface area contributed by atoms with Gasteiger partial charge >= 0.3 is 12.3 Å². The van der Waals surface area contributed by atoms with E-state index < -0.39 is 17.8 Å². The van der Waals surface area contributed by atoms with Gasteiger partial charge < -0.3 is 9.47 Å². The maximum atomic E-state index is 12.8. The molecule has 0 saturated carbocycles. The van der Waals surface area contributed by atoms with E-state index in [0.717, 1.165) is 28.8 Å². The van der Waals surface area contributed by atoms with Gasteiger partial charge in [0.15, 0.2) is 0 Å². The van der Waals surface area contributed by atoms with Crippen molar-refractivity contribution in [1.82, 2.24) is 4.98 Å². The summed E-state index contributed by atoms with van der Waals surface area (Å²) in [5.41, 5.74) is 4.12. The van der Waals surface area contributed by atoms with Gasteiger partial charge in [-0.2, -0.15) is 13.2 Å². The fourth-order valence-corrected chi connectivity index (χ4v) is 3.38. The zero-order valence-corrected chi connectivity index (χ0v) is 18.1. The first-order valence-corrected chi connectivity index (χ1v) is 9.80. The van der Waals surface area contributed by atoms with Crippen LogP contribution in [0, 0.1) is 20.8 Å². The number of nitrogens with one attached hydrogen (secondary N) is 1. The molecule has 1 aromatic heterocycles. The number of aryl methyl sites for hydroxylation is 2. The number of methoxy groups -OCH3 is 1. The molecule has 0 aliphatic heterocycles. The van der Waals surface area contributed by atoms with Gasteiger partial charge in [-0.25, -0.2) is 4.79 Å². The lowest BCUT2D eigenvalue weighted by Gasteiger charge is -2.13. The fourth-order valence-electron chi connectivity index (χ4n) is 3.38. The molecule has 0 aliphatic carbocycles. The van der Waals surface area contributed by atoms with Crippen LogP contribution in [0.3, 0.4) is 0 Å². The van der Waals surface area contributed by atoms with Crippen molar-refractivity contribution in [3.05, 3.63) is 76.6 Å². The molecule has 0 spiro atoms. The molecule has 0 atom stereocenters. The number of anilines is 1. The Balaban J connectivity index is 1.72. The molecule has 8 heteroatoms. The van der Waals surface area contributed by atoms with Crippen LogP contribution in [0.5, 0.6) is 5.75 Å². The first-order valence-electron chi connectivity index (χ1n) is 9.80. The summed E-state index contributed by atoms with van der Waals surface area (Å²) in [4.78, 5) is 16.6. The Kier molecular flexibility index (Phi) is 6.72. The van der Waals surface area contributed by atoms with E-state index in [1.807, 2.05) is 26.8 Å². The third kappa shape index (κ3) is 5.38. The Bertz CT molecular complexity index is 1130. The standard InChI is InChI=1S/C24H23F3N2O3/c1-14-9-18(17-5-7-19(8-6-17)24(25,26)27)11-20(10-14)29-23(30)32-13-21-16(3)22(31-4)15(2)12-28-21/h5-12H,13H2,1-4H3,(H,29,30). The van der Waals surface area contributed by atoms with Crippen molar-refractivity contribution in [2.75, 3.05) is 12.4 Å². The Morgan fingerprint density at radius 2 is 1.72 bits per heavy atom. The molecule has 3 aromatic rings. The summed E-state index contributed by atoms with van der Waals surface area (Å²) in [5.74, 6) is 0.693. The second-order valence-electron chi connectivity index (χ2n) is 7.41. The molecule has 0 aliphatic rings. The summed E-state index contributed by atoms with van der Waals surface area (Å²) in [5, 5.41) is 2.66. The second kappa shape index (κ2) is 9.30. The average molecular weight is 444 g/mol. The topological polar surface area (TPSA) is 60.5 Å². The van der Waals surface area contributed by atoms with E-state index >= 15 is 0 Å². The van der Waals surface area contributed by atoms with E-state index in [-0.39, 0.29) is 6.61 Å². The van der Waals surface area contributed by atoms with Gasteiger partial charge in [-0.15, -0.1) is 0 Å². The zero-order valence-electron chi connectivity index (χ0n) is 18.1. The predicted octanol–water partition coefficient (Wildman–Crippen LogP) is 6.45. The van der Waals surface area contributed by atoms with Crippen molar-refractivity contribution in [3.8, 4) is 16.9 Å². The SMILES string of the molecule is COc1c(C)cnc(COC(=O)Nc2cc(C)cc(-c3ccc(C(F)(F)F)cc3)c2)c1C. The predicted molar refractivity (Wildman–Crippen MR) is 116 cm³/mol. The Hall–Kier alpha value is -3.55. The highest BCUT2D eigenvalue weighted by Gasteiger charge is 2.30. The Labute approximate surface area is 184 Å². The van der Waals surface area contributed by atoms with Gasteiger partial charge in [-0.05, 0) is 61.7 Å². The lowest BCUT2D eigenvalue weighted by molar-refractivity contribution is -0.137. The van der Waals surface area contributed by atoms with E-state index in [9.17, 15) is 18.0 Å². The van der Waals surface area contributed by atoms with E-state index in [0.29, 0.717) is 28.3 Å². The van der Waals surface area contributed by atoms with E-state index in [1.165, 1.54) is 12.1 Å². The minimum Gasteiger partial charge on any atom is -0.496 e. The zero-order chi connectivity index (χ0) is 23.5. The molecule has 0 saturated heterocycles. The molecule has 0 radical (unpaired) electrons. The molecule has 1 heterocycles. The average Bonchev–Trinajstić information content (AvgIpc) is 2.72. The monoisotopic (exact) mass is 444 g/mol. The molecule has 0 unspecified atom stereocenters. The number of amides is 1. The minimum absolute atomic E-state index is 0.0358. The third-order valence-corrected chi connectivity index (χ3v) is 4.96. The molecule has 1 N–H and O–H groups in total. The maximum absolute atomic E-state index is 12.8. The van der Waals surface area contributed by atoms with Crippen molar-refractivity contribution in [3.63, 3.8) is 0 Å². The fraction of sp³-hybridized carbons (Fsp3) is 0.250. The van der Waals surface area contributed by atoms with Gasteiger partial charge in [0, 0.05) is 23.0 Å². The summed E-state index contributed by atoms with van der Waals surface area (Å²) < 4.78 is 49.1. The first-order chi connectivity index (χ1) is 15.1. The van der Waals surface area contributed by atoms with Crippen LogP contribution in [0.1, 0.15) is 27.9 Å². The quantitative estimate of drug-likeness (QED) is 0.491. The molecular weight excluding hydrogens is 421 g/mol. The Morgan fingerprint density at radius 3 is 2.34 bits per heavy atom. The van der Waals surface area contributed by atoms with Crippen LogP contribution in [0.25, 0.3) is 11.1 Å². The van der Waals surface area contributed by atoms with Crippen molar-refractivity contribution in [1.29, 1.82) is 0 Å². The summed E-state index contributed by atoms with van der Waals surface area (Å²) in [6, 6.07) is 10.1. The molecule has 0 fully saturated rings. The molecular formula is C24H23F3N2O3. The minimum atomic E-state index is -4.39. The van der Waals surface area contributed by atoms with Gasteiger partial charge in [-0.1, -0.05) is 18.2 Å². The van der Waals surface area contributed by atoms with Crippen LogP contribution in [-0.4, -0.2) is 18.2 Å². The van der Waals surface area contributed by atoms with E-state index in [2.05, 4.69) is 10.3 Å². The molecule has 168 valence electrons. The highest BCUT2D eigenvalue weighted by atomic mass is 19.4. The molecule has 0 bridgehead atoms. The smallest absolute Gasteiger partial charge is 0.416 e. The number of hydrogen-bond donors (Lipinski definition) is 1. The number of benzene rings is 2. The van der Waals surface area contributed by atoms with Crippen molar-refractivity contribution in [2.45, 2.75) is 33.6 Å².